The fraction of sp³-hybridized carbons (Fsp3) is 0.364. The highest BCUT2D eigenvalue weighted by atomic mass is 32.2. The second kappa shape index (κ2) is 5.77. The summed E-state index contributed by atoms with van der Waals surface area (Å²) < 4.78 is 0. The van der Waals surface area contributed by atoms with Gasteiger partial charge in [0.15, 0.2) is 0 Å². The molecule has 1 rings (SSSR count). The molecule has 1 aromatic rings. The molecule has 1 atom stereocenters. The van der Waals surface area contributed by atoms with Crippen LogP contribution < -0.4 is 5.73 Å². The third kappa shape index (κ3) is 3.43. The predicted molar refractivity (Wildman–Crippen MR) is 64.8 cm³/mol. The lowest BCUT2D eigenvalue weighted by Gasteiger charge is -2.08. The van der Waals surface area contributed by atoms with Crippen molar-refractivity contribution in [1.82, 2.24) is 0 Å². The smallest absolute Gasteiger partial charge is 0.337 e. The maximum atomic E-state index is 10.8. The molecular weight excluding hydrogens is 226 g/mol. The highest BCUT2D eigenvalue weighted by molar-refractivity contribution is 7.99. The Balaban J connectivity index is 2.75. The fourth-order valence-electron chi connectivity index (χ4n) is 1.10. The lowest BCUT2D eigenvalue weighted by molar-refractivity contribution is 0.0698. The van der Waals surface area contributed by atoms with Gasteiger partial charge in [0.25, 0.3) is 0 Å². The number of carboxylic acids is 1. The molecule has 5 heteroatoms. The Hall–Kier alpha value is -1.20. The third-order valence-corrected chi connectivity index (χ3v) is 3.42. The van der Waals surface area contributed by atoms with Crippen LogP contribution in [0.3, 0.4) is 0 Å². The largest absolute Gasteiger partial charge is 0.478 e. The zero-order chi connectivity index (χ0) is 12.1. The molecule has 0 aromatic heterocycles. The number of aliphatic hydroxyl groups is 1. The molecule has 0 aliphatic rings. The number of carbonyl (C=O) groups is 1. The van der Waals surface area contributed by atoms with Crippen LogP contribution in [0.5, 0.6) is 0 Å². The van der Waals surface area contributed by atoms with Crippen molar-refractivity contribution in [3.05, 3.63) is 23.8 Å². The molecule has 4 nitrogen and oxygen atoms in total. The van der Waals surface area contributed by atoms with Crippen LogP contribution in [0.15, 0.2) is 23.1 Å². The van der Waals surface area contributed by atoms with Crippen molar-refractivity contribution in [2.45, 2.75) is 11.8 Å². The lowest BCUT2D eigenvalue weighted by atomic mass is 10.2. The molecule has 0 radical (unpaired) electrons. The first kappa shape index (κ1) is 12.9. The van der Waals surface area contributed by atoms with Crippen LogP contribution in [0.1, 0.15) is 17.3 Å². The maximum Gasteiger partial charge on any atom is 0.337 e. The molecule has 1 aromatic carbocycles. The molecule has 16 heavy (non-hydrogen) atoms. The Labute approximate surface area is 98.5 Å². The summed E-state index contributed by atoms with van der Waals surface area (Å²) in [6.45, 7) is 2.07. The Morgan fingerprint density at radius 3 is 2.81 bits per heavy atom. The fourth-order valence-corrected chi connectivity index (χ4v) is 2.05. The number of nitrogen functional groups attached to an aromatic ring is 1. The molecule has 0 heterocycles. The van der Waals surface area contributed by atoms with Crippen molar-refractivity contribution in [2.24, 2.45) is 5.92 Å². The van der Waals surface area contributed by atoms with Gasteiger partial charge < -0.3 is 15.9 Å². The molecule has 0 saturated carbocycles. The van der Waals surface area contributed by atoms with E-state index in [2.05, 4.69) is 0 Å². The van der Waals surface area contributed by atoms with E-state index >= 15 is 0 Å². The summed E-state index contributed by atoms with van der Waals surface area (Å²) in [5.41, 5.74) is 5.94. The van der Waals surface area contributed by atoms with E-state index in [-0.39, 0.29) is 23.8 Å². The van der Waals surface area contributed by atoms with E-state index in [0.29, 0.717) is 0 Å². The van der Waals surface area contributed by atoms with Crippen LogP contribution in [0, 0.1) is 5.92 Å². The Morgan fingerprint density at radius 1 is 1.56 bits per heavy atom. The van der Waals surface area contributed by atoms with Gasteiger partial charge in [-0.1, -0.05) is 6.92 Å². The normalized spacial score (nSPS) is 12.4. The van der Waals surface area contributed by atoms with E-state index in [4.69, 9.17) is 15.9 Å². The number of nitrogens with two attached hydrogens (primary N) is 1. The summed E-state index contributed by atoms with van der Waals surface area (Å²) in [5, 5.41) is 17.8. The number of hydrogen-bond donors (Lipinski definition) is 3. The van der Waals surface area contributed by atoms with Crippen molar-refractivity contribution in [3.8, 4) is 0 Å². The Kier molecular flexibility index (Phi) is 4.64. The van der Waals surface area contributed by atoms with Crippen LogP contribution in [-0.2, 0) is 0 Å². The van der Waals surface area contributed by atoms with E-state index in [9.17, 15) is 4.79 Å². The molecule has 0 spiro atoms. The third-order valence-electron chi connectivity index (χ3n) is 2.10. The van der Waals surface area contributed by atoms with Crippen molar-refractivity contribution in [2.75, 3.05) is 18.1 Å². The van der Waals surface area contributed by atoms with E-state index in [1.54, 1.807) is 18.2 Å². The van der Waals surface area contributed by atoms with Crippen molar-refractivity contribution >= 4 is 23.4 Å². The zero-order valence-electron chi connectivity index (χ0n) is 9.01. The van der Waals surface area contributed by atoms with Crippen LogP contribution in [0.2, 0.25) is 0 Å². The van der Waals surface area contributed by atoms with E-state index in [1.165, 1.54) is 11.8 Å². The second-order valence-electron chi connectivity index (χ2n) is 3.65. The number of aromatic carboxylic acids is 1. The number of benzene rings is 1. The minimum Gasteiger partial charge on any atom is -0.478 e. The monoisotopic (exact) mass is 241 g/mol. The van der Waals surface area contributed by atoms with Crippen molar-refractivity contribution in [1.29, 1.82) is 0 Å². The van der Waals surface area contributed by atoms with Crippen LogP contribution in [-0.4, -0.2) is 28.5 Å². The molecule has 0 amide bonds. The summed E-state index contributed by atoms with van der Waals surface area (Å²) in [5.74, 6) is -0.0783. The summed E-state index contributed by atoms with van der Waals surface area (Å²) >= 11 is 1.51. The quantitative estimate of drug-likeness (QED) is 0.539. The Morgan fingerprint density at radius 2 is 2.25 bits per heavy atom. The number of thioether (sulfide) groups is 1. The molecule has 88 valence electrons. The number of carboxylic acid groups (broad SMARTS) is 1. The van der Waals surface area contributed by atoms with Gasteiger partial charge in [-0.15, -0.1) is 11.8 Å². The predicted octanol–water partition coefficient (Wildman–Crippen LogP) is 1.69. The Bertz CT molecular complexity index is 381. The maximum absolute atomic E-state index is 10.8. The average Bonchev–Trinajstić information content (AvgIpc) is 2.27. The van der Waals surface area contributed by atoms with E-state index in [0.717, 1.165) is 10.6 Å². The molecule has 0 fully saturated rings. The molecule has 4 N–H and O–H groups in total. The van der Waals surface area contributed by atoms with Gasteiger partial charge in [0.1, 0.15) is 0 Å². The molecule has 0 aliphatic carbocycles. The van der Waals surface area contributed by atoms with Crippen molar-refractivity contribution < 1.29 is 15.0 Å². The highest BCUT2D eigenvalue weighted by Gasteiger charge is 2.09. The minimum absolute atomic E-state index is 0.127. The standard InChI is InChI=1S/C11H15NO3S/c1-7(5-13)6-16-8-2-3-10(12)9(4-8)11(14)15/h2-4,7,13H,5-6,12H2,1H3,(H,14,15). The number of hydrogen-bond acceptors (Lipinski definition) is 4. The van der Waals surface area contributed by atoms with Crippen LogP contribution >= 0.6 is 11.8 Å². The molecule has 1 unspecified atom stereocenters. The summed E-state index contributed by atoms with van der Waals surface area (Å²) in [6, 6.07) is 4.94. The van der Waals surface area contributed by atoms with Gasteiger partial charge in [-0.2, -0.15) is 0 Å². The minimum atomic E-state index is -1.02. The van der Waals surface area contributed by atoms with Gasteiger partial charge in [0, 0.05) is 22.9 Å². The topological polar surface area (TPSA) is 83.5 Å². The first-order valence-electron chi connectivity index (χ1n) is 4.91. The molecule has 0 bridgehead atoms. The number of anilines is 1. The molecule has 0 saturated heterocycles. The summed E-state index contributed by atoms with van der Waals surface area (Å²) in [6.07, 6.45) is 0. The first-order valence-corrected chi connectivity index (χ1v) is 5.89. The summed E-state index contributed by atoms with van der Waals surface area (Å²) in [4.78, 5) is 11.7. The average molecular weight is 241 g/mol. The van der Waals surface area contributed by atoms with Gasteiger partial charge in [-0.25, -0.2) is 4.79 Å². The number of rotatable bonds is 5. The molecular formula is C11H15NO3S. The number of aliphatic hydroxyl groups excluding tert-OH is 1. The van der Waals surface area contributed by atoms with E-state index in [1.807, 2.05) is 6.92 Å². The van der Waals surface area contributed by atoms with Crippen LogP contribution in [0.4, 0.5) is 5.69 Å². The second-order valence-corrected chi connectivity index (χ2v) is 4.75. The lowest BCUT2D eigenvalue weighted by Crippen LogP contribution is -2.04. The zero-order valence-corrected chi connectivity index (χ0v) is 9.83. The van der Waals surface area contributed by atoms with Gasteiger partial charge >= 0.3 is 5.97 Å². The SMILES string of the molecule is CC(CO)CSc1ccc(N)c(C(=O)O)c1. The van der Waals surface area contributed by atoms with Crippen molar-refractivity contribution in [3.63, 3.8) is 0 Å². The summed E-state index contributed by atoms with van der Waals surface area (Å²) in [7, 11) is 0. The van der Waals surface area contributed by atoms with Gasteiger partial charge in [0.2, 0.25) is 0 Å². The highest BCUT2D eigenvalue weighted by Crippen LogP contribution is 2.24. The van der Waals surface area contributed by atoms with E-state index < -0.39 is 5.97 Å². The van der Waals surface area contributed by atoms with Gasteiger partial charge in [-0.3, -0.25) is 0 Å². The van der Waals surface area contributed by atoms with Gasteiger partial charge in [0.05, 0.1) is 5.56 Å². The first-order chi connectivity index (χ1) is 7.54. The van der Waals surface area contributed by atoms with Gasteiger partial charge in [-0.05, 0) is 24.1 Å². The molecule has 0 aliphatic heterocycles. The van der Waals surface area contributed by atoms with Crippen LogP contribution in [0.25, 0.3) is 0 Å².